The number of benzene rings is 3. The highest BCUT2D eigenvalue weighted by Crippen LogP contribution is 2.21. The molecule has 0 heterocycles. The summed E-state index contributed by atoms with van der Waals surface area (Å²) in [5.74, 6) is 0. The maximum atomic E-state index is 9.13. The topological polar surface area (TPSA) is 28.1 Å². The summed E-state index contributed by atoms with van der Waals surface area (Å²) in [6.07, 6.45) is 7.91. The fourth-order valence-corrected chi connectivity index (χ4v) is 2.56. The minimum absolute atomic E-state index is 0.652. The predicted molar refractivity (Wildman–Crippen MR) is 108 cm³/mol. The fraction of sp³-hybridized carbons (Fsp3) is 0. The summed E-state index contributed by atoms with van der Waals surface area (Å²) >= 11 is 0. The van der Waals surface area contributed by atoms with Gasteiger partial charge in [0.15, 0.2) is 5.69 Å². The first-order valence-electron chi connectivity index (χ1n) is 8.22. The first-order chi connectivity index (χ1) is 12.8. The molecule has 0 radical (unpaired) electrons. The second-order valence-electron chi connectivity index (χ2n) is 5.70. The van der Waals surface area contributed by atoms with Crippen LogP contribution in [0, 0.1) is 17.9 Å². The highest BCUT2D eigenvalue weighted by Gasteiger charge is 1.97. The van der Waals surface area contributed by atoms with Crippen molar-refractivity contribution in [2.24, 2.45) is 0 Å². The van der Waals surface area contributed by atoms with Gasteiger partial charge < -0.3 is 0 Å². The van der Waals surface area contributed by atoms with E-state index in [1.165, 1.54) is 0 Å². The second-order valence-corrected chi connectivity index (χ2v) is 5.70. The first-order valence-corrected chi connectivity index (χ1v) is 8.22. The zero-order valence-electron chi connectivity index (χ0n) is 14.1. The zero-order chi connectivity index (χ0) is 18.2. The van der Waals surface area contributed by atoms with E-state index < -0.39 is 0 Å². The lowest BCUT2D eigenvalue weighted by Gasteiger charge is -1.99. The molecule has 3 aromatic rings. The largest absolute Gasteiger partial charge is 0.238 e. The molecule has 0 aliphatic carbocycles. The molecule has 0 saturated carbocycles. The van der Waals surface area contributed by atoms with Gasteiger partial charge in [0.2, 0.25) is 0 Å². The van der Waals surface area contributed by atoms with Crippen LogP contribution in [0.25, 0.3) is 29.1 Å². The Balaban J connectivity index is 1.75. The molecule has 0 aliphatic heterocycles. The van der Waals surface area contributed by atoms with Gasteiger partial charge in [-0.05, 0) is 28.3 Å². The molecular weight excluding hydrogens is 316 g/mol. The molecule has 26 heavy (non-hydrogen) atoms. The van der Waals surface area contributed by atoms with Gasteiger partial charge in [-0.15, -0.1) is 0 Å². The quantitative estimate of drug-likeness (QED) is 0.398. The van der Waals surface area contributed by atoms with Gasteiger partial charge in [0.25, 0.3) is 0 Å². The Morgan fingerprint density at radius 2 is 1.23 bits per heavy atom. The van der Waals surface area contributed by atoms with E-state index in [4.69, 9.17) is 11.8 Å². The maximum Gasteiger partial charge on any atom is 0.194 e. The minimum Gasteiger partial charge on any atom is -0.238 e. The van der Waals surface area contributed by atoms with Gasteiger partial charge in [-0.25, -0.2) is 4.85 Å². The average molecular weight is 332 g/mol. The molecule has 0 aliphatic rings. The number of nitriles is 1. The van der Waals surface area contributed by atoms with Crippen LogP contribution in [-0.2, 0) is 0 Å². The number of para-hydroxylation sites is 1. The molecule has 0 unspecified atom stereocenters. The Bertz CT molecular complexity index is 956. The summed E-state index contributed by atoms with van der Waals surface area (Å²) in [6.45, 7) is 7.21. The molecule has 122 valence electrons. The van der Waals surface area contributed by atoms with Crippen molar-refractivity contribution < 1.29 is 0 Å². The third-order valence-electron chi connectivity index (χ3n) is 3.99. The Labute approximate surface area is 153 Å². The van der Waals surface area contributed by atoms with Crippen LogP contribution < -0.4 is 0 Å². The molecule has 0 bridgehead atoms. The number of hydrogen-bond acceptors (Lipinski definition) is 1. The van der Waals surface area contributed by atoms with Gasteiger partial charge in [-0.3, -0.25) is 0 Å². The van der Waals surface area contributed by atoms with Crippen molar-refractivity contribution in [2.75, 3.05) is 0 Å². The van der Waals surface area contributed by atoms with Crippen LogP contribution in [-0.4, -0.2) is 0 Å². The molecule has 2 nitrogen and oxygen atoms in total. The summed E-state index contributed by atoms with van der Waals surface area (Å²) < 4.78 is 0. The monoisotopic (exact) mass is 332 g/mol. The molecule has 0 aromatic heterocycles. The average Bonchev–Trinajstić information content (AvgIpc) is 2.72. The SMILES string of the molecule is [C-]#[N+]c1ccccc1/C=C/c1ccc(/C=C/c2ccccc2C#N)cc1. The van der Waals surface area contributed by atoms with Crippen molar-refractivity contribution in [3.63, 3.8) is 0 Å². The van der Waals surface area contributed by atoms with Crippen LogP contribution >= 0.6 is 0 Å². The molecule has 0 amide bonds. The lowest BCUT2D eigenvalue weighted by atomic mass is 10.1. The summed E-state index contributed by atoms with van der Waals surface area (Å²) in [5.41, 5.74) is 5.28. The summed E-state index contributed by atoms with van der Waals surface area (Å²) in [7, 11) is 0. The summed E-state index contributed by atoms with van der Waals surface area (Å²) in [5, 5.41) is 9.13. The van der Waals surface area contributed by atoms with Crippen LogP contribution in [0.3, 0.4) is 0 Å². The van der Waals surface area contributed by atoms with E-state index in [1.807, 2.05) is 97.1 Å². The second kappa shape index (κ2) is 8.29. The third-order valence-corrected chi connectivity index (χ3v) is 3.99. The summed E-state index contributed by atoms with van der Waals surface area (Å²) in [6, 6.07) is 25.4. The number of rotatable bonds is 4. The normalized spacial score (nSPS) is 10.7. The number of hydrogen-bond donors (Lipinski definition) is 0. The van der Waals surface area contributed by atoms with E-state index in [0.29, 0.717) is 11.3 Å². The lowest BCUT2D eigenvalue weighted by molar-refractivity contribution is 1.47. The molecule has 3 aromatic carbocycles. The smallest absolute Gasteiger partial charge is 0.194 e. The predicted octanol–water partition coefficient (Wildman–Crippen LogP) is 6.45. The molecule has 2 heteroatoms. The Morgan fingerprint density at radius 3 is 1.85 bits per heavy atom. The van der Waals surface area contributed by atoms with E-state index in [-0.39, 0.29) is 0 Å². The van der Waals surface area contributed by atoms with Crippen LogP contribution in [0.4, 0.5) is 5.69 Å². The van der Waals surface area contributed by atoms with Crippen molar-refractivity contribution >= 4 is 30.0 Å². The molecule has 0 N–H and O–H groups in total. The Kier molecular flexibility index (Phi) is 5.41. The third kappa shape index (κ3) is 4.15. The van der Waals surface area contributed by atoms with Gasteiger partial charge in [0, 0.05) is 0 Å². The molecule has 3 rings (SSSR count). The van der Waals surface area contributed by atoms with Crippen molar-refractivity contribution in [1.82, 2.24) is 0 Å². The van der Waals surface area contributed by atoms with Crippen molar-refractivity contribution in [1.29, 1.82) is 5.26 Å². The Morgan fingerprint density at radius 1 is 0.692 bits per heavy atom. The highest BCUT2D eigenvalue weighted by molar-refractivity contribution is 5.78. The van der Waals surface area contributed by atoms with E-state index >= 15 is 0 Å². The van der Waals surface area contributed by atoms with E-state index in [9.17, 15) is 0 Å². The van der Waals surface area contributed by atoms with Crippen molar-refractivity contribution in [2.45, 2.75) is 0 Å². The first kappa shape index (κ1) is 17.0. The summed E-state index contributed by atoms with van der Waals surface area (Å²) in [4.78, 5) is 3.53. The Hall–Kier alpha value is -3.88. The standard InChI is InChI=1S/C24H16N2/c1-26-24-9-5-4-7-22(24)17-15-20-12-10-19(11-13-20)14-16-21-6-2-3-8-23(21)18-25/h2-17H/b16-14+,17-15+. The van der Waals surface area contributed by atoms with Crippen LogP contribution in [0.15, 0.2) is 72.8 Å². The van der Waals surface area contributed by atoms with Gasteiger partial charge in [0.1, 0.15) is 0 Å². The molecule has 0 atom stereocenters. The number of nitrogens with zero attached hydrogens (tertiary/aromatic N) is 2. The van der Waals surface area contributed by atoms with E-state index in [0.717, 1.165) is 22.3 Å². The van der Waals surface area contributed by atoms with Gasteiger partial charge in [-0.2, -0.15) is 5.26 Å². The van der Waals surface area contributed by atoms with Crippen LogP contribution in [0.2, 0.25) is 0 Å². The van der Waals surface area contributed by atoms with Crippen molar-refractivity contribution in [3.8, 4) is 6.07 Å². The molecular formula is C24H16N2. The molecule has 0 fully saturated rings. The van der Waals surface area contributed by atoms with Gasteiger partial charge >= 0.3 is 0 Å². The van der Waals surface area contributed by atoms with E-state index in [2.05, 4.69) is 10.9 Å². The van der Waals surface area contributed by atoms with Gasteiger partial charge in [0.05, 0.1) is 18.2 Å². The maximum absolute atomic E-state index is 9.13. The van der Waals surface area contributed by atoms with Gasteiger partial charge in [-0.1, -0.05) is 91.0 Å². The van der Waals surface area contributed by atoms with Crippen molar-refractivity contribution in [3.05, 3.63) is 112 Å². The molecule has 0 saturated heterocycles. The van der Waals surface area contributed by atoms with Crippen LogP contribution in [0.1, 0.15) is 27.8 Å². The highest BCUT2D eigenvalue weighted by atomic mass is 14.6. The molecule has 0 spiro atoms. The fourth-order valence-electron chi connectivity index (χ4n) is 2.56. The minimum atomic E-state index is 0.652. The lowest BCUT2D eigenvalue weighted by Crippen LogP contribution is -1.80. The zero-order valence-corrected chi connectivity index (χ0v) is 14.1. The van der Waals surface area contributed by atoms with Crippen LogP contribution in [0.5, 0.6) is 0 Å². The van der Waals surface area contributed by atoms with E-state index in [1.54, 1.807) is 0 Å².